The molecule has 0 saturated heterocycles. The Morgan fingerprint density at radius 2 is 1.87 bits per heavy atom. The highest BCUT2D eigenvalue weighted by atomic mass is 79.9. The third-order valence-electron chi connectivity index (χ3n) is 3.92. The van der Waals surface area contributed by atoms with Crippen molar-refractivity contribution >= 4 is 27.4 Å². The van der Waals surface area contributed by atoms with Gasteiger partial charge in [-0.15, -0.1) is 0 Å². The first kappa shape index (κ1) is 17.3. The molecule has 2 rings (SSSR count). The predicted octanol–water partition coefficient (Wildman–Crippen LogP) is 3.78. The molecule has 0 radical (unpaired) electrons. The second kappa shape index (κ2) is 6.60. The molecule has 120 valence electrons. The molecule has 0 aromatic heterocycles. The summed E-state index contributed by atoms with van der Waals surface area (Å²) >= 11 is 3.42. The van der Waals surface area contributed by atoms with Gasteiger partial charge in [-0.05, 0) is 18.6 Å². The van der Waals surface area contributed by atoms with Crippen molar-refractivity contribution in [1.82, 2.24) is 0 Å². The lowest BCUT2D eigenvalue weighted by Gasteiger charge is -2.28. The summed E-state index contributed by atoms with van der Waals surface area (Å²) in [6.45, 7) is 3.65. The molecule has 0 aliphatic rings. The molecule has 0 fully saturated rings. The van der Waals surface area contributed by atoms with E-state index >= 15 is 0 Å². The average Bonchev–Trinajstić information content (AvgIpc) is 2.54. The monoisotopic (exact) mass is 376 g/mol. The van der Waals surface area contributed by atoms with Gasteiger partial charge in [-0.2, -0.15) is 0 Å². The van der Waals surface area contributed by atoms with E-state index in [0.29, 0.717) is 11.1 Å². The molecule has 23 heavy (non-hydrogen) atoms. The SMILES string of the molecule is CC(Br)C(C)(N)c1ccc(C(=O)c2ccccc2)c([N+](=O)[O-])c1. The van der Waals surface area contributed by atoms with Gasteiger partial charge in [0, 0.05) is 16.5 Å². The van der Waals surface area contributed by atoms with E-state index in [2.05, 4.69) is 15.9 Å². The van der Waals surface area contributed by atoms with E-state index in [-0.39, 0.29) is 21.9 Å². The largest absolute Gasteiger partial charge is 0.321 e. The Balaban J connectivity index is 2.54. The molecule has 0 spiro atoms. The van der Waals surface area contributed by atoms with Gasteiger partial charge in [0.15, 0.2) is 5.78 Å². The van der Waals surface area contributed by atoms with E-state index < -0.39 is 10.5 Å². The first-order chi connectivity index (χ1) is 10.7. The van der Waals surface area contributed by atoms with Crippen molar-refractivity contribution in [3.05, 3.63) is 75.3 Å². The zero-order chi connectivity index (χ0) is 17.2. The predicted molar refractivity (Wildman–Crippen MR) is 92.9 cm³/mol. The van der Waals surface area contributed by atoms with Crippen LogP contribution in [0.15, 0.2) is 48.5 Å². The van der Waals surface area contributed by atoms with E-state index in [1.165, 1.54) is 12.1 Å². The Morgan fingerprint density at radius 1 is 1.26 bits per heavy atom. The van der Waals surface area contributed by atoms with Crippen LogP contribution >= 0.6 is 15.9 Å². The molecule has 2 unspecified atom stereocenters. The Morgan fingerprint density at radius 3 is 2.39 bits per heavy atom. The minimum atomic E-state index is -0.793. The van der Waals surface area contributed by atoms with Gasteiger partial charge < -0.3 is 5.73 Å². The average molecular weight is 377 g/mol. The normalized spacial score (nSPS) is 14.8. The van der Waals surface area contributed by atoms with Crippen molar-refractivity contribution in [3.8, 4) is 0 Å². The molecule has 0 aliphatic heterocycles. The fraction of sp³-hybridized carbons (Fsp3) is 0.235. The molecule has 2 atom stereocenters. The van der Waals surface area contributed by atoms with Gasteiger partial charge in [0.05, 0.1) is 10.5 Å². The summed E-state index contributed by atoms with van der Waals surface area (Å²) in [5.74, 6) is -0.380. The molecule has 5 nitrogen and oxygen atoms in total. The van der Waals surface area contributed by atoms with Crippen molar-refractivity contribution < 1.29 is 9.72 Å². The summed E-state index contributed by atoms with van der Waals surface area (Å²) in [7, 11) is 0. The number of alkyl halides is 1. The van der Waals surface area contributed by atoms with E-state index in [9.17, 15) is 14.9 Å². The van der Waals surface area contributed by atoms with Crippen LogP contribution in [0.1, 0.15) is 35.3 Å². The summed E-state index contributed by atoms with van der Waals surface area (Å²) in [4.78, 5) is 23.3. The van der Waals surface area contributed by atoms with E-state index in [1.807, 2.05) is 6.92 Å². The third-order valence-corrected chi connectivity index (χ3v) is 4.87. The molecule has 2 aromatic rings. The Labute approximate surface area is 142 Å². The molecule has 0 heterocycles. The first-order valence-electron chi connectivity index (χ1n) is 7.06. The molecular weight excluding hydrogens is 360 g/mol. The van der Waals surface area contributed by atoms with Crippen LogP contribution in [0, 0.1) is 10.1 Å². The van der Waals surface area contributed by atoms with Crippen molar-refractivity contribution in [1.29, 1.82) is 0 Å². The van der Waals surface area contributed by atoms with Crippen LogP contribution in [0.5, 0.6) is 0 Å². The Bertz CT molecular complexity index is 743. The number of nitrogens with two attached hydrogens (primary N) is 1. The molecule has 2 aromatic carbocycles. The zero-order valence-corrected chi connectivity index (χ0v) is 14.4. The fourth-order valence-electron chi connectivity index (χ4n) is 2.18. The maximum absolute atomic E-state index is 12.5. The first-order valence-corrected chi connectivity index (χ1v) is 7.98. The van der Waals surface area contributed by atoms with Crippen LogP contribution in [0.2, 0.25) is 0 Å². The van der Waals surface area contributed by atoms with Crippen LogP contribution in [-0.4, -0.2) is 15.5 Å². The van der Waals surface area contributed by atoms with E-state index in [4.69, 9.17) is 5.73 Å². The molecule has 0 saturated carbocycles. The highest BCUT2D eigenvalue weighted by molar-refractivity contribution is 9.09. The Hall–Kier alpha value is -2.05. The number of hydrogen-bond acceptors (Lipinski definition) is 4. The molecular formula is C17H17BrN2O3. The minimum absolute atomic E-state index is 0.0583. The minimum Gasteiger partial charge on any atom is -0.321 e. The standard InChI is InChI=1S/C17H17BrN2O3/c1-11(18)17(2,19)13-8-9-14(15(10-13)20(22)23)16(21)12-6-4-3-5-7-12/h3-11H,19H2,1-2H3. The maximum atomic E-state index is 12.5. The topological polar surface area (TPSA) is 86.2 Å². The summed E-state index contributed by atoms with van der Waals surface area (Å²) in [6.07, 6.45) is 0. The maximum Gasteiger partial charge on any atom is 0.280 e. The second-order valence-electron chi connectivity index (χ2n) is 5.58. The van der Waals surface area contributed by atoms with Gasteiger partial charge in [-0.1, -0.05) is 59.3 Å². The van der Waals surface area contributed by atoms with E-state index in [0.717, 1.165) is 0 Å². The summed E-state index contributed by atoms with van der Waals surface area (Å²) < 4.78 is 0. The number of nitro groups is 1. The lowest BCUT2D eigenvalue weighted by Crippen LogP contribution is -2.40. The number of benzene rings is 2. The van der Waals surface area contributed by atoms with Crippen molar-refractivity contribution in [2.75, 3.05) is 0 Å². The quantitative estimate of drug-likeness (QED) is 0.372. The smallest absolute Gasteiger partial charge is 0.280 e. The van der Waals surface area contributed by atoms with Gasteiger partial charge in [0.25, 0.3) is 5.69 Å². The fourth-order valence-corrected chi connectivity index (χ4v) is 2.45. The third kappa shape index (κ3) is 3.48. The Kier molecular flexibility index (Phi) is 4.97. The molecule has 6 heteroatoms. The highest BCUT2D eigenvalue weighted by Crippen LogP contribution is 2.31. The van der Waals surface area contributed by atoms with Crippen molar-refractivity contribution in [2.24, 2.45) is 5.73 Å². The van der Waals surface area contributed by atoms with Gasteiger partial charge in [0.2, 0.25) is 0 Å². The number of halogens is 1. The number of carbonyl (C=O) groups excluding carboxylic acids is 1. The van der Waals surface area contributed by atoms with Crippen LogP contribution in [0.3, 0.4) is 0 Å². The lowest BCUT2D eigenvalue weighted by molar-refractivity contribution is -0.385. The molecule has 0 amide bonds. The number of nitro benzene ring substituents is 1. The van der Waals surface area contributed by atoms with Crippen LogP contribution in [-0.2, 0) is 5.54 Å². The number of nitrogens with zero attached hydrogens (tertiary/aromatic N) is 1. The van der Waals surface area contributed by atoms with Crippen LogP contribution in [0.25, 0.3) is 0 Å². The van der Waals surface area contributed by atoms with Gasteiger partial charge >= 0.3 is 0 Å². The van der Waals surface area contributed by atoms with Crippen LogP contribution in [0.4, 0.5) is 5.69 Å². The number of hydrogen-bond donors (Lipinski definition) is 1. The van der Waals surface area contributed by atoms with E-state index in [1.54, 1.807) is 43.3 Å². The molecule has 2 N–H and O–H groups in total. The summed E-state index contributed by atoms with van der Waals surface area (Å²) in [5, 5.41) is 11.4. The van der Waals surface area contributed by atoms with Crippen molar-refractivity contribution in [2.45, 2.75) is 24.2 Å². The lowest BCUT2D eigenvalue weighted by atomic mass is 9.88. The van der Waals surface area contributed by atoms with Gasteiger partial charge in [0.1, 0.15) is 5.56 Å². The number of ketones is 1. The van der Waals surface area contributed by atoms with Crippen LogP contribution < -0.4 is 5.73 Å². The summed E-state index contributed by atoms with van der Waals surface area (Å²) in [6, 6.07) is 13.0. The van der Waals surface area contributed by atoms with Crippen molar-refractivity contribution in [3.63, 3.8) is 0 Å². The second-order valence-corrected chi connectivity index (χ2v) is 6.96. The number of carbonyl (C=O) groups is 1. The molecule has 0 bridgehead atoms. The number of rotatable bonds is 5. The molecule has 0 aliphatic carbocycles. The van der Waals surface area contributed by atoms with Gasteiger partial charge in [-0.25, -0.2) is 0 Å². The highest BCUT2D eigenvalue weighted by Gasteiger charge is 2.30. The van der Waals surface area contributed by atoms with Gasteiger partial charge in [-0.3, -0.25) is 14.9 Å². The zero-order valence-electron chi connectivity index (χ0n) is 12.8. The summed E-state index contributed by atoms with van der Waals surface area (Å²) in [5.41, 5.74) is 6.27.